The number of nitrogens with zero attached hydrogens (tertiary/aromatic N) is 2. The molecule has 1 heterocycles. The van der Waals surface area contributed by atoms with Gasteiger partial charge in [0.15, 0.2) is 0 Å². The Morgan fingerprint density at radius 1 is 1.05 bits per heavy atom. The highest BCUT2D eigenvalue weighted by molar-refractivity contribution is 7.98. The van der Waals surface area contributed by atoms with Crippen LogP contribution in [0.2, 0.25) is 10.0 Å². The van der Waals surface area contributed by atoms with Crippen molar-refractivity contribution in [3.8, 4) is 11.5 Å². The molecule has 0 aliphatic heterocycles. The summed E-state index contributed by atoms with van der Waals surface area (Å²) in [6.45, 7) is 2.07. The Morgan fingerprint density at radius 3 is 2.55 bits per heavy atom. The Morgan fingerprint density at radius 2 is 1.82 bits per heavy atom. The first kappa shape index (κ1) is 15.4. The number of hydrogen-bond donors (Lipinski definition) is 0. The highest BCUT2D eigenvalue weighted by Crippen LogP contribution is 2.31. The standard InChI is InChI=1S/C16H12Cl2N2OS/c1-10-2-4-11(5-3-10)9-22-16-20-19-15(21-16)13-7-6-12(17)8-14(13)18/h2-8H,9H2,1H3. The van der Waals surface area contributed by atoms with E-state index < -0.39 is 0 Å². The molecule has 112 valence electrons. The molecular formula is C16H12Cl2N2OS. The molecule has 0 atom stereocenters. The van der Waals surface area contributed by atoms with E-state index in [4.69, 9.17) is 27.6 Å². The van der Waals surface area contributed by atoms with Crippen molar-refractivity contribution >= 4 is 35.0 Å². The minimum Gasteiger partial charge on any atom is -0.411 e. The van der Waals surface area contributed by atoms with Crippen LogP contribution < -0.4 is 0 Å². The molecule has 1 aromatic heterocycles. The summed E-state index contributed by atoms with van der Waals surface area (Å²) in [4.78, 5) is 0. The molecule has 0 aliphatic carbocycles. The number of aryl methyl sites for hydroxylation is 1. The van der Waals surface area contributed by atoms with Crippen LogP contribution in [-0.4, -0.2) is 10.2 Å². The average Bonchev–Trinajstić information content (AvgIpc) is 2.95. The lowest BCUT2D eigenvalue weighted by atomic mass is 10.2. The van der Waals surface area contributed by atoms with Gasteiger partial charge in [-0.25, -0.2) is 0 Å². The minimum atomic E-state index is 0.396. The van der Waals surface area contributed by atoms with Crippen LogP contribution in [0.1, 0.15) is 11.1 Å². The maximum absolute atomic E-state index is 6.14. The van der Waals surface area contributed by atoms with E-state index in [2.05, 4.69) is 41.4 Å². The van der Waals surface area contributed by atoms with E-state index in [0.29, 0.717) is 26.7 Å². The summed E-state index contributed by atoms with van der Waals surface area (Å²) in [5, 5.41) is 9.66. The van der Waals surface area contributed by atoms with E-state index in [1.165, 1.54) is 22.9 Å². The second kappa shape index (κ2) is 6.73. The molecule has 3 nitrogen and oxygen atoms in total. The lowest BCUT2D eigenvalue weighted by Gasteiger charge is -2.00. The molecule has 3 aromatic rings. The molecule has 0 radical (unpaired) electrons. The van der Waals surface area contributed by atoms with Gasteiger partial charge in [0.25, 0.3) is 5.22 Å². The summed E-state index contributed by atoms with van der Waals surface area (Å²) >= 11 is 13.5. The zero-order chi connectivity index (χ0) is 15.5. The van der Waals surface area contributed by atoms with Crippen LogP contribution in [0, 0.1) is 6.92 Å². The Bertz CT molecular complexity index is 787. The smallest absolute Gasteiger partial charge is 0.277 e. The third kappa shape index (κ3) is 3.64. The van der Waals surface area contributed by atoms with Gasteiger partial charge in [0.05, 0.1) is 10.6 Å². The van der Waals surface area contributed by atoms with Gasteiger partial charge < -0.3 is 4.42 Å². The summed E-state index contributed by atoms with van der Waals surface area (Å²) < 4.78 is 5.65. The van der Waals surface area contributed by atoms with Crippen LogP contribution in [0.25, 0.3) is 11.5 Å². The summed E-state index contributed by atoms with van der Waals surface area (Å²) in [5.41, 5.74) is 3.13. The van der Waals surface area contributed by atoms with Gasteiger partial charge in [-0.2, -0.15) is 0 Å². The van der Waals surface area contributed by atoms with E-state index in [-0.39, 0.29) is 0 Å². The van der Waals surface area contributed by atoms with Gasteiger partial charge in [-0.3, -0.25) is 0 Å². The van der Waals surface area contributed by atoms with Crippen LogP contribution in [-0.2, 0) is 5.75 Å². The van der Waals surface area contributed by atoms with Crippen molar-refractivity contribution < 1.29 is 4.42 Å². The van der Waals surface area contributed by atoms with Crippen LogP contribution in [0.4, 0.5) is 0 Å². The third-order valence-electron chi connectivity index (χ3n) is 3.05. The third-order valence-corrected chi connectivity index (χ3v) is 4.49. The van der Waals surface area contributed by atoms with Gasteiger partial charge in [-0.05, 0) is 30.7 Å². The van der Waals surface area contributed by atoms with Crippen molar-refractivity contribution in [1.82, 2.24) is 10.2 Å². The van der Waals surface area contributed by atoms with Crippen molar-refractivity contribution in [2.24, 2.45) is 0 Å². The van der Waals surface area contributed by atoms with Crippen LogP contribution in [0.15, 0.2) is 52.1 Å². The quantitative estimate of drug-likeness (QED) is 0.570. The predicted octanol–water partition coefficient (Wildman–Crippen LogP) is 5.64. The van der Waals surface area contributed by atoms with Crippen molar-refractivity contribution in [2.75, 3.05) is 0 Å². The molecule has 2 aromatic carbocycles. The van der Waals surface area contributed by atoms with E-state index in [0.717, 1.165) is 5.75 Å². The number of hydrogen-bond acceptors (Lipinski definition) is 4. The van der Waals surface area contributed by atoms with Gasteiger partial charge >= 0.3 is 0 Å². The number of halogens is 2. The second-order valence-electron chi connectivity index (χ2n) is 4.77. The first-order chi connectivity index (χ1) is 10.6. The monoisotopic (exact) mass is 350 g/mol. The van der Waals surface area contributed by atoms with Crippen molar-refractivity contribution in [1.29, 1.82) is 0 Å². The zero-order valence-corrected chi connectivity index (χ0v) is 14.0. The molecule has 3 rings (SSSR count). The second-order valence-corrected chi connectivity index (χ2v) is 6.54. The topological polar surface area (TPSA) is 38.9 Å². The van der Waals surface area contributed by atoms with Gasteiger partial charge in [0.1, 0.15) is 0 Å². The number of rotatable bonds is 4. The molecule has 6 heteroatoms. The molecule has 0 aliphatic rings. The fourth-order valence-electron chi connectivity index (χ4n) is 1.87. The van der Waals surface area contributed by atoms with E-state index in [1.807, 2.05) is 0 Å². The van der Waals surface area contributed by atoms with Crippen LogP contribution in [0.3, 0.4) is 0 Å². The SMILES string of the molecule is Cc1ccc(CSc2nnc(-c3ccc(Cl)cc3Cl)o2)cc1. The molecule has 0 N–H and O–H groups in total. The molecule has 0 fully saturated rings. The Balaban J connectivity index is 1.72. The van der Waals surface area contributed by atoms with Gasteiger partial charge in [-0.15, -0.1) is 10.2 Å². The normalized spacial score (nSPS) is 10.9. The van der Waals surface area contributed by atoms with Crippen LogP contribution in [0.5, 0.6) is 0 Å². The van der Waals surface area contributed by atoms with Gasteiger partial charge in [0.2, 0.25) is 5.89 Å². The van der Waals surface area contributed by atoms with Gasteiger partial charge in [0, 0.05) is 10.8 Å². The lowest BCUT2D eigenvalue weighted by molar-refractivity contribution is 0.466. The number of thioether (sulfide) groups is 1. The van der Waals surface area contributed by atoms with Crippen molar-refractivity contribution in [3.05, 3.63) is 63.6 Å². The van der Waals surface area contributed by atoms with Crippen molar-refractivity contribution in [2.45, 2.75) is 17.9 Å². The predicted molar refractivity (Wildman–Crippen MR) is 90.5 cm³/mol. The van der Waals surface area contributed by atoms with Crippen LogP contribution >= 0.6 is 35.0 Å². The molecule has 0 unspecified atom stereocenters. The Kier molecular flexibility index (Phi) is 4.71. The summed E-state index contributed by atoms with van der Waals surface area (Å²) in [6.07, 6.45) is 0. The summed E-state index contributed by atoms with van der Waals surface area (Å²) in [6, 6.07) is 13.5. The average molecular weight is 351 g/mol. The molecule has 0 saturated heterocycles. The van der Waals surface area contributed by atoms with E-state index >= 15 is 0 Å². The van der Waals surface area contributed by atoms with Gasteiger partial charge in [-0.1, -0.05) is 64.8 Å². The highest BCUT2D eigenvalue weighted by Gasteiger charge is 2.12. The molecule has 0 spiro atoms. The fraction of sp³-hybridized carbons (Fsp3) is 0.125. The Labute approximate surface area is 142 Å². The molecule has 0 saturated carbocycles. The number of benzene rings is 2. The Hall–Kier alpha value is -1.49. The van der Waals surface area contributed by atoms with E-state index in [9.17, 15) is 0 Å². The maximum Gasteiger partial charge on any atom is 0.277 e. The number of aromatic nitrogens is 2. The van der Waals surface area contributed by atoms with Crippen molar-refractivity contribution in [3.63, 3.8) is 0 Å². The molecule has 0 bridgehead atoms. The summed E-state index contributed by atoms with van der Waals surface area (Å²) in [7, 11) is 0. The zero-order valence-electron chi connectivity index (χ0n) is 11.7. The first-order valence-electron chi connectivity index (χ1n) is 6.59. The molecule has 0 amide bonds. The fourth-order valence-corrected chi connectivity index (χ4v) is 3.08. The molecular weight excluding hydrogens is 339 g/mol. The first-order valence-corrected chi connectivity index (χ1v) is 8.33. The highest BCUT2D eigenvalue weighted by atomic mass is 35.5. The van der Waals surface area contributed by atoms with E-state index in [1.54, 1.807) is 18.2 Å². The molecule has 22 heavy (non-hydrogen) atoms. The largest absolute Gasteiger partial charge is 0.411 e. The maximum atomic E-state index is 6.14. The lowest BCUT2D eigenvalue weighted by Crippen LogP contribution is -1.81. The minimum absolute atomic E-state index is 0.396. The summed E-state index contributed by atoms with van der Waals surface area (Å²) in [5.74, 6) is 1.17.